The van der Waals surface area contributed by atoms with Gasteiger partial charge in [0.2, 0.25) is 11.1 Å². The van der Waals surface area contributed by atoms with Crippen LogP contribution in [-0.4, -0.2) is 38.6 Å². The van der Waals surface area contributed by atoms with E-state index in [4.69, 9.17) is 15.3 Å². The van der Waals surface area contributed by atoms with Crippen LogP contribution in [0.4, 0.5) is 5.13 Å². The lowest BCUT2D eigenvalue weighted by molar-refractivity contribution is -0.113. The van der Waals surface area contributed by atoms with Crippen LogP contribution in [0.1, 0.15) is 17.0 Å². The predicted octanol–water partition coefficient (Wildman–Crippen LogP) is 3.54. The van der Waals surface area contributed by atoms with Crippen molar-refractivity contribution < 1.29 is 14.3 Å². The summed E-state index contributed by atoms with van der Waals surface area (Å²) in [5, 5.41) is 11.9. The first-order valence-corrected chi connectivity index (χ1v) is 11.5. The molecular weight excluding hydrogens is 448 g/mol. The Balaban J connectivity index is 1.33. The molecule has 0 spiro atoms. The third kappa shape index (κ3) is 4.94. The lowest BCUT2D eigenvalue weighted by Gasteiger charge is -2.07. The quantitative estimate of drug-likeness (QED) is 0.297. The fourth-order valence-electron chi connectivity index (χ4n) is 3.05. The van der Waals surface area contributed by atoms with E-state index in [2.05, 4.69) is 32.6 Å². The molecule has 0 unspecified atom stereocenters. The summed E-state index contributed by atoms with van der Waals surface area (Å²) in [5.41, 5.74) is 3.16. The first-order valence-electron chi connectivity index (χ1n) is 9.69. The monoisotopic (exact) mass is 470 g/mol. The Morgan fingerprint density at radius 3 is 2.84 bits per heavy atom. The van der Waals surface area contributed by atoms with Gasteiger partial charge in [-0.2, -0.15) is 0 Å². The van der Waals surface area contributed by atoms with Gasteiger partial charge < -0.3 is 20.6 Å². The van der Waals surface area contributed by atoms with Crippen molar-refractivity contribution in [1.29, 1.82) is 0 Å². The fourth-order valence-corrected chi connectivity index (χ4v) is 4.79. The molecule has 2 aromatic heterocycles. The molecule has 0 aliphatic rings. The summed E-state index contributed by atoms with van der Waals surface area (Å²) >= 11 is 2.64. The number of nitrogen functional groups attached to an aromatic ring is 1. The van der Waals surface area contributed by atoms with E-state index in [0.717, 1.165) is 15.8 Å². The van der Waals surface area contributed by atoms with Gasteiger partial charge in [-0.15, -0.1) is 10.2 Å². The fraction of sp³-hybridized carbons (Fsp3) is 0.238. The van der Waals surface area contributed by atoms with Crippen LogP contribution in [0.5, 0.6) is 11.5 Å². The molecule has 0 saturated carbocycles. The van der Waals surface area contributed by atoms with E-state index in [1.54, 1.807) is 13.2 Å². The highest BCUT2D eigenvalue weighted by Crippen LogP contribution is 2.29. The average Bonchev–Trinajstić information content (AvgIpc) is 3.33. The van der Waals surface area contributed by atoms with Crippen molar-refractivity contribution in [3.8, 4) is 11.5 Å². The molecule has 0 bridgehead atoms. The number of thioether (sulfide) groups is 1. The van der Waals surface area contributed by atoms with Crippen molar-refractivity contribution in [2.45, 2.75) is 25.6 Å². The number of hydrogen-bond donors (Lipinski definition) is 2. The molecule has 0 saturated heterocycles. The zero-order valence-electron chi connectivity index (χ0n) is 17.8. The summed E-state index contributed by atoms with van der Waals surface area (Å²) < 4.78 is 13.2. The SMILES string of the molecule is COc1cccc(OCc2nnc(SCC(=O)Nc3nc4c(C)cc(C)cc4s3)n2N)c1. The van der Waals surface area contributed by atoms with Gasteiger partial charge in [0.05, 0.1) is 23.1 Å². The number of aromatic nitrogens is 4. The van der Waals surface area contributed by atoms with Crippen LogP contribution >= 0.6 is 23.1 Å². The number of aryl methyl sites for hydroxylation is 2. The molecule has 0 fully saturated rings. The summed E-state index contributed by atoms with van der Waals surface area (Å²) in [6.45, 7) is 4.19. The molecular formula is C21H22N6O3S2. The summed E-state index contributed by atoms with van der Waals surface area (Å²) in [4.78, 5) is 16.9. The number of amides is 1. The number of nitrogens with two attached hydrogens (primary N) is 1. The van der Waals surface area contributed by atoms with Crippen LogP contribution < -0.4 is 20.6 Å². The Kier molecular flexibility index (Phi) is 6.47. The Hall–Kier alpha value is -3.31. The van der Waals surface area contributed by atoms with E-state index >= 15 is 0 Å². The number of methoxy groups -OCH3 is 1. The summed E-state index contributed by atoms with van der Waals surface area (Å²) in [7, 11) is 1.59. The van der Waals surface area contributed by atoms with Gasteiger partial charge in [-0.25, -0.2) is 9.66 Å². The largest absolute Gasteiger partial charge is 0.497 e. The van der Waals surface area contributed by atoms with E-state index in [-0.39, 0.29) is 18.3 Å². The lowest BCUT2D eigenvalue weighted by atomic mass is 10.1. The Labute approximate surface area is 192 Å². The molecule has 4 aromatic rings. The first kappa shape index (κ1) is 21.9. The molecule has 2 heterocycles. The van der Waals surface area contributed by atoms with E-state index in [1.807, 2.05) is 32.0 Å². The van der Waals surface area contributed by atoms with Crippen LogP contribution in [-0.2, 0) is 11.4 Å². The molecule has 32 heavy (non-hydrogen) atoms. The average molecular weight is 471 g/mol. The van der Waals surface area contributed by atoms with E-state index < -0.39 is 0 Å². The van der Waals surface area contributed by atoms with Crippen molar-refractivity contribution in [1.82, 2.24) is 19.9 Å². The highest BCUT2D eigenvalue weighted by Gasteiger charge is 2.15. The maximum atomic E-state index is 12.4. The molecule has 0 aliphatic heterocycles. The molecule has 0 aliphatic carbocycles. The molecule has 166 valence electrons. The second-order valence-corrected chi connectivity index (χ2v) is 8.99. The van der Waals surface area contributed by atoms with Crippen molar-refractivity contribution in [3.05, 3.63) is 53.3 Å². The zero-order chi connectivity index (χ0) is 22.7. The van der Waals surface area contributed by atoms with Crippen LogP contribution in [0.15, 0.2) is 41.6 Å². The summed E-state index contributed by atoms with van der Waals surface area (Å²) in [6.07, 6.45) is 0. The minimum atomic E-state index is -0.194. The number of anilines is 1. The molecule has 9 nitrogen and oxygen atoms in total. The molecule has 11 heteroatoms. The topological polar surface area (TPSA) is 117 Å². The second kappa shape index (κ2) is 9.45. The number of nitrogens with one attached hydrogen (secondary N) is 1. The van der Waals surface area contributed by atoms with E-state index in [0.29, 0.717) is 27.6 Å². The molecule has 0 radical (unpaired) electrons. The van der Waals surface area contributed by atoms with Gasteiger partial charge in [0.1, 0.15) is 18.1 Å². The molecule has 1 amide bonds. The van der Waals surface area contributed by atoms with Gasteiger partial charge in [0.25, 0.3) is 0 Å². The molecule has 2 aromatic carbocycles. The molecule has 0 atom stereocenters. The van der Waals surface area contributed by atoms with Crippen LogP contribution in [0, 0.1) is 13.8 Å². The number of carbonyl (C=O) groups is 1. The van der Waals surface area contributed by atoms with Gasteiger partial charge in [-0.1, -0.05) is 35.2 Å². The molecule has 3 N–H and O–H groups in total. The second-order valence-electron chi connectivity index (χ2n) is 7.02. The van der Waals surface area contributed by atoms with Gasteiger partial charge in [-0.05, 0) is 43.2 Å². The maximum absolute atomic E-state index is 12.4. The van der Waals surface area contributed by atoms with Gasteiger partial charge in [-0.3, -0.25) is 4.79 Å². The smallest absolute Gasteiger partial charge is 0.236 e. The first-order chi connectivity index (χ1) is 15.4. The Morgan fingerprint density at radius 1 is 1.22 bits per heavy atom. The maximum Gasteiger partial charge on any atom is 0.236 e. The van der Waals surface area contributed by atoms with E-state index in [9.17, 15) is 4.79 Å². The van der Waals surface area contributed by atoms with Crippen molar-refractivity contribution in [2.24, 2.45) is 0 Å². The van der Waals surface area contributed by atoms with Crippen molar-refractivity contribution in [3.63, 3.8) is 0 Å². The minimum absolute atomic E-state index is 0.125. The number of thiazole rings is 1. The number of ether oxygens (including phenoxy) is 2. The lowest BCUT2D eigenvalue weighted by Crippen LogP contribution is -2.18. The van der Waals surface area contributed by atoms with Gasteiger partial charge in [0, 0.05) is 6.07 Å². The standard InChI is InChI=1S/C21H22N6O3S2/c1-12-7-13(2)19-16(8-12)32-20(24-19)23-18(28)11-31-21-26-25-17(27(21)22)10-30-15-6-4-5-14(9-15)29-3/h4-9H,10-11,22H2,1-3H3,(H,23,24,28). The zero-order valence-corrected chi connectivity index (χ0v) is 19.4. The summed E-state index contributed by atoms with van der Waals surface area (Å²) in [6, 6.07) is 11.4. The number of hydrogen-bond acceptors (Lipinski definition) is 9. The number of nitrogens with zero attached hydrogens (tertiary/aromatic N) is 4. The number of carbonyl (C=O) groups excluding carboxylic acids is 1. The van der Waals surface area contributed by atoms with Crippen LogP contribution in [0.25, 0.3) is 10.2 Å². The van der Waals surface area contributed by atoms with E-state index in [1.165, 1.54) is 33.3 Å². The highest BCUT2D eigenvalue weighted by atomic mass is 32.2. The Bertz CT molecular complexity index is 1270. The number of rotatable bonds is 8. The highest BCUT2D eigenvalue weighted by molar-refractivity contribution is 7.99. The minimum Gasteiger partial charge on any atom is -0.497 e. The van der Waals surface area contributed by atoms with Crippen molar-refractivity contribution >= 4 is 44.4 Å². The number of fused-ring (bicyclic) bond motifs is 1. The van der Waals surface area contributed by atoms with Crippen LogP contribution in [0.3, 0.4) is 0 Å². The third-order valence-corrected chi connectivity index (χ3v) is 6.41. The van der Waals surface area contributed by atoms with Crippen molar-refractivity contribution in [2.75, 3.05) is 24.0 Å². The normalized spacial score (nSPS) is 11.0. The Morgan fingerprint density at radius 2 is 2.03 bits per heavy atom. The molecule has 4 rings (SSSR count). The third-order valence-electron chi connectivity index (χ3n) is 4.55. The number of benzene rings is 2. The van der Waals surface area contributed by atoms with Gasteiger partial charge >= 0.3 is 0 Å². The van der Waals surface area contributed by atoms with Crippen LogP contribution in [0.2, 0.25) is 0 Å². The summed E-state index contributed by atoms with van der Waals surface area (Å²) in [5.74, 6) is 7.76. The predicted molar refractivity (Wildman–Crippen MR) is 126 cm³/mol. The van der Waals surface area contributed by atoms with Gasteiger partial charge in [0.15, 0.2) is 11.0 Å².